The number of thioether (sulfide) groups is 1. The van der Waals surface area contributed by atoms with E-state index in [1.54, 1.807) is 16.3 Å². The highest BCUT2D eigenvalue weighted by atomic mass is 35.5. The first-order chi connectivity index (χ1) is 11.1. The van der Waals surface area contributed by atoms with Gasteiger partial charge in [-0.1, -0.05) is 23.7 Å². The Hall–Kier alpha value is -1.52. The number of fused-ring (bicyclic) bond motifs is 1. The molecular formula is C18H19ClN2OS. The molecule has 0 spiro atoms. The Morgan fingerprint density at radius 2 is 2.04 bits per heavy atom. The van der Waals surface area contributed by atoms with Crippen molar-refractivity contribution in [1.29, 1.82) is 5.41 Å². The Balaban J connectivity index is 2.00. The van der Waals surface area contributed by atoms with E-state index >= 15 is 0 Å². The molecule has 23 heavy (non-hydrogen) atoms. The number of pyridine rings is 1. The van der Waals surface area contributed by atoms with Gasteiger partial charge in [-0.2, -0.15) is 0 Å². The van der Waals surface area contributed by atoms with Gasteiger partial charge < -0.3 is 9.98 Å². The van der Waals surface area contributed by atoms with Crippen LogP contribution in [0.15, 0.2) is 34.1 Å². The van der Waals surface area contributed by atoms with Gasteiger partial charge in [0.2, 0.25) is 0 Å². The van der Waals surface area contributed by atoms with Crippen molar-refractivity contribution in [3.63, 3.8) is 0 Å². The van der Waals surface area contributed by atoms with Gasteiger partial charge in [-0.15, -0.1) is 11.8 Å². The van der Waals surface area contributed by atoms with Crippen molar-refractivity contribution in [3.8, 4) is 0 Å². The maximum Gasteiger partial charge on any atom is 0.260 e. The molecule has 1 aliphatic carbocycles. The van der Waals surface area contributed by atoms with Crippen molar-refractivity contribution in [2.45, 2.75) is 36.5 Å². The fourth-order valence-electron chi connectivity index (χ4n) is 3.15. The van der Waals surface area contributed by atoms with Crippen LogP contribution in [-0.4, -0.2) is 10.8 Å². The summed E-state index contributed by atoms with van der Waals surface area (Å²) in [5, 5.41) is 9.36. The molecule has 0 aliphatic heterocycles. The number of hydrogen-bond acceptors (Lipinski definition) is 3. The third-order valence-electron chi connectivity index (χ3n) is 4.30. The molecule has 120 valence electrons. The van der Waals surface area contributed by atoms with Crippen LogP contribution in [0, 0.1) is 5.41 Å². The second-order valence-electron chi connectivity index (χ2n) is 5.81. The van der Waals surface area contributed by atoms with Crippen molar-refractivity contribution >= 4 is 29.6 Å². The molecule has 0 fully saturated rings. The van der Waals surface area contributed by atoms with Crippen LogP contribution in [0.25, 0.3) is 0 Å². The van der Waals surface area contributed by atoms with Gasteiger partial charge in [0, 0.05) is 24.0 Å². The van der Waals surface area contributed by atoms with Crippen molar-refractivity contribution in [1.82, 2.24) is 4.57 Å². The second-order valence-corrected chi connectivity index (χ2v) is 7.21. The average molecular weight is 347 g/mol. The average Bonchev–Trinajstić information content (AvgIpc) is 2.56. The van der Waals surface area contributed by atoms with Gasteiger partial charge in [-0.05, 0) is 54.5 Å². The molecule has 1 N–H and O–H groups in total. The number of nitrogens with one attached hydrogen (secondary N) is 1. The largest absolute Gasteiger partial charge is 0.308 e. The van der Waals surface area contributed by atoms with Crippen LogP contribution >= 0.6 is 23.4 Å². The lowest BCUT2D eigenvalue weighted by Gasteiger charge is -2.23. The Morgan fingerprint density at radius 1 is 1.30 bits per heavy atom. The highest BCUT2D eigenvalue weighted by molar-refractivity contribution is 7.98. The van der Waals surface area contributed by atoms with Crippen LogP contribution in [0.5, 0.6) is 0 Å². The van der Waals surface area contributed by atoms with Crippen molar-refractivity contribution in [2.24, 2.45) is 7.05 Å². The fraction of sp³-hybridized carbons (Fsp3) is 0.333. The standard InChI is InChI=1S/C18H19ClN2OS/c1-21-17(22)16(10-20)14-7-2-3-8-15(14)18(21)23-11-12-5-4-6-13(19)9-12/h4-6,9-10,20H,2-3,7-8,11H2,1H3. The van der Waals surface area contributed by atoms with E-state index in [4.69, 9.17) is 17.0 Å². The quantitative estimate of drug-likeness (QED) is 0.666. The molecule has 2 aromatic rings. The maximum absolute atomic E-state index is 12.5. The summed E-state index contributed by atoms with van der Waals surface area (Å²) in [6, 6.07) is 7.83. The third-order valence-corrected chi connectivity index (χ3v) is 5.81. The molecule has 0 radical (unpaired) electrons. The highest BCUT2D eigenvalue weighted by Gasteiger charge is 2.21. The first-order valence-corrected chi connectivity index (χ1v) is 9.10. The van der Waals surface area contributed by atoms with Crippen LogP contribution in [-0.2, 0) is 25.6 Å². The van der Waals surface area contributed by atoms with Gasteiger partial charge in [0.15, 0.2) is 0 Å². The highest BCUT2D eigenvalue weighted by Crippen LogP contribution is 2.33. The summed E-state index contributed by atoms with van der Waals surface area (Å²) in [6.07, 6.45) is 5.35. The van der Waals surface area contributed by atoms with E-state index in [2.05, 4.69) is 6.07 Å². The molecule has 3 nitrogen and oxygen atoms in total. The summed E-state index contributed by atoms with van der Waals surface area (Å²) in [6.45, 7) is 0. The molecule has 0 atom stereocenters. The number of benzene rings is 1. The van der Waals surface area contributed by atoms with Crippen LogP contribution in [0.1, 0.15) is 35.1 Å². The molecule has 1 aliphatic rings. The van der Waals surface area contributed by atoms with E-state index in [0.29, 0.717) is 5.56 Å². The molecular weight excluding hydrogens is 328 g/mol. The zero-order valence-electron chi connectivity index (χ0n) is 13.1. The number of aromatic nitrogens is 1. The Labute approximate surface area is 145 Å². The second kappa shape index (κ2) is 6.93. The smallest absolute Gasteiger partial charge is 0.260 e. The molecule has 3 rings (SSSR count). The van der Waals surface area contributed by atoms with E-state index < -0.39 is 0 Å². The minimum Gasteiger partial charge on any atom is -0.308 e. The monoisotopic (exact) mass is 346 g/mol. The van der Waals surface area contributed by atoms with Gasteiger partial charge in [0.05, 0.1) is 10.6 Å². The molecule has 0 saturated carbocycles. The topological polar surface area (TPSA) is 45.9 Å². The van der Waals surface area contributed by atoms with Gasteiger partial charge in [-0.3, -0.25) is 4.79 Å². The lowest BCUT2D eigenvalue weighted by Crippen LogP contribution is -2.28. The van der Waals surface area contributed by atoms with Gasteiger partial charge >= 0.3 is 0 Å². The normalized spacial score (nSPS) is 13.7. The van der Waals surface area contributed by atoms with E-state index in [1.807, 2.05) is 25.2 Å². The Morgan fingerprint density at radius 3 is 2.74 bits per heavy atom. The Bertz CT molecular complexity index is 813. The molecule has 0 amide bonds. The van der Waals surface area contributed by atoms with E-state index in [0.717, 1.165) is 52.6 Å². The van der Waals surface area contributed by atoms with Crippen molar-refractivity contribution < 1.29 is 0 Å². The van der Waals surface area contributed by atoms with Gasteiger partial charge in [0.1, 0.15) is 0 Å². The van der Waals surface area contributed by atoms with Gasteiger partial charge in [0.25, 0.3) is 5.56 Å². The first-order valence-electron chi connectivity index (χ1n) is 7.74. The predicted octanol–water partition coefficient (Wildman–Crippen LogP) is 4.21. The fourth-order valence-corrected chi connectivity index (χ4v) is 4.53. The maximum atomic E-state index is 12.5. The zero-order valence-corrected chi connectivity index (χ0v) is 14.6. The molecule has 1 aromatic heterocycles. The SMILES string of the molecule is Cn1c(SCc2cccc(Cl)c2)c2c(c(C=N)c1=O)CCCC2. The van der Waals surface area contributed by atoms with Crippen LogP contribution in [0.2, 0.25) is 5.02 Å². The Kier molecular flexibility index (Phi) is 4.93. The van der Waals surface area contributed by atoms with Crippen molar-refractivity contribution in [3.05, 3.63) is 61.9 Å². The van der Waals surface area contributed by atoms with E-state index in [1.165, 1.54) is 11.8 Å². The summed E-state index contributed by atoms with van der Waals surface area (Å²) >= 11 is 7.73. The predicted molar refractivity (Wildman–Crippen MR) is 97.2 cm³/mol. The molecule has 5 heteroatoms. The molecule has 0 bridgehead atoms. The molecule has 1 heterocycles. The van der Waals surface area contributed by atoms with Crippen LogP contribution in [0.4, 0.5) is 0 Å². The molecule has 1 aromatic carbocycles. The molecule has 0 unspecified atom stereocenters. The number of halogens is 1. The zero-order chi connectivity index (χ0) is 16.4. The summed E-state index contributed by atoms with van der Waals surface area (Å²) in [5.41, 5.74) is 3.99. The van der Waals surface area contributed by atoms with E-state index in [-0.39, 0.29) is 5.56 Å². The van der Waals surface area contributed by atoms with E-state index in [9.17, 15) is 4.79 Å². The number of nitrogens with zero attached hydrogens (tertiary/aromatic N) is 1. The van der Waals surface area contributed by atoms with Gasteiger partial charge in [-0.25, -0.2) is 0 Å². The number of rotatable bonds is 4. The minimum absolute atomic E-state index is 0.0609. The first kappa shape index (κ1) is 16.3. The summed E-state index contributed by atoms with van der Waals surface area (Å²) in [5.74, 6) is 0.782. The number of hydrogen-bond donors (Lipinski definition) is 1. The lowest BCUT2D eigenvalue weighted by atomic mass is 9.90. The lowest BCUT2D eigenvalue weighted by molar-refractivity contribution is 0.633. The third kappa shape index (κ3) is 3.24. The summed E-state index contributed by atoms with van der Waals surface area (Å²) in [7, 11) is 1.81. The van der Waals surface area contributed by atoms with Crippen LogP contribution < -0.4 is 5.56 Å². The van der Waals surface area contributed by atoms with Crippen LogP contribution in [0.3, 0.4) is 0 Å². The summed E-state index contributed by atoms with van der Waals surface area (Å²) in [4.78, 5) is 12.5. The summed E-state index contributed by atoms with van der Waals surface area (Å²) < 4.78 is 1.71. The molecule has 0 saturated heterocycles. The minimum atomic E-state index is -0.0609. The van der Waals surface area contributed by atoms with Crippen molar-refractivity contribution in [2.75, 3.05) is 0 Å².